The highest BCUT2D eigenvalue weighted by molar-refractivity contribution is 7.89. The number of nitrogens with two attached hydrogens (primary N) is 1. The molecule has 1 saturated carbocycles. The van der Waals surface area contributed by atoms with Gasteiger partial charge in [-0.1, -0.05) is 62.8 Å². The summed E-state index contributed by atoms with van der Waals surface area (Å²) in [5, 5.41) is 0. The number of anilines is 2. The van der Waals surface area contributed by atoms with Crippen LogP contribution < -0.4 is 10.6 Å². The van der Waals surface area contributed by atoms with E-state index in [4.69, 9.17) is 5.73 Å². The molecule has 0 aliphatic heterocycles. The van der Waals surface area contributed by atoms with Crippen LogP contribution in [-0.4, -0.2) is 41.7 Å². The number of sulfonamides is 1. The van der Waals surface area contributed by atoms with E-state index in [2.05, 4.69) is 36.8 Å². The Morgan fingerprint density at radius 3 is 2.02 bits per heavy atom. The fourth-order valence-electron chi connectivity index (χ4n) is 5.55. The van der Waals surface area contributed by atoms with E-state index in [0.29, 0.717) is 22.2 Å². The van der Waals surface area contributed by atoms with Crippen LogP contribution in [0.15, 0.2) is 64.9 Å². The summed E-state index contributed by atoms with van der Waals surface area (Å²) in [6.07, 6.45) is 9.55. The molecule has 48 heavy (non-hydrogen) atoms. The van der Waals surface area contributed by atoms with Gasteiger partial charge in [-0.25, -0.2) is 40.3 Å². The van der Waals surface area contributed by atoms with Crippen LogP contribution in [0.25, 0.3) is 0 Å². The van der Waals surface area contributed by atoms with Crippen molar-refractivity contribution >= 4 is 27.6 Å². The highest BCUT2D eigenvalue weighted by atomic mass is 32.2. The quantitative estimate of drug-likeness (QED) is 0.146. The predicted molar refractivity (Wildman–Crippen MR) is 170 cm³/mol. The summed E-state index contributed by atoms with van der Waals surface area (Å²) in [5.74, 6) is -12.8. The third-order valence-corrected chi connectivity index (χ3v) is 10.4. The van der Waals surface area contributed by atoms with E-state index in [-0.39, 0.29) is 29.5 Å². The molecule has 1 unspecified atom stereocenters. The summed E-state index contributed by atoms with van der Waals surface area (Å²) in [4.78, 5) is 21.3. The zero-order valence-corrected chi connectivity index (χ0v) is 27.7. The van der Waals surface area contributed by atoms with Gasteiger partial charge in [0, 0.05) is 13.1 Å². The molecule has 1 amide bonds. The van der Waals surface area contributed by atoms with Gasteiger partial charge < -0.3 is 10.6 Å². The molecule has 3 aromatic rings. The molecular weight excluding hydrogens is 653 g/mol. The standard InChI is InChI=1S/C34H36F5N5O3S/c1-19-5-7-20(8-6-19)16-43(48(46,47)32-30(38)28(36)27(35)29(37)31(32)39)18-26(45)44(25-14-41-33(40)42-15-25)17-21-11-23(22-9-10-22)13-24(12-21)34(2,3)4/h5-8,11,13-15,22,24H,9-10,12,16-18H2,1-4H3,(H2,40,41,42). The molecular formula is C34H36F5N5O3S. The number of hydrogen-bond donors (Lipinski definition) is 1. The minimum absolute atomic E-state index is 0.0102. The molecule has 0 radical (unpaired) electrons. The fourth-order valence-corrected chi connectivity index (χ4v) is 7.04. The third kappa shape index (κ3) is 7.44. The second kappa shape index (κ2) is 13.4. The van der Waals surface area contributed by atoms with Gasteiger partial charge in [-0.15, -0.1) is 0 Å². The molecule has 0 spiro atoms. The van der Waals surface area contributed by atoms with Gasteiger partial charge in [0.25, 0.3) is 0 Å². The third-order valence-electron chi connectivity index (χ3n) is 8.60. The van der Waals surface area contributed by atoms with E-state index in [0.717, 1.165) is 29.6 Å². The van der Waals surface area contributed by atoms with Crippen LogP contribution in [0, 0.1) is 53.3 Å². The van der Waals surface area contributed by atoms with Crippen LogP contribution in [0.2, 0.25) is 0 Å². The van der Waals surface area contributed by atoms with Gasteiger partial charge in [-0.2, -0.15) is 4.31 Å². The normalized spacial score (nSPS) is 16.9. The molecule has 1 atom stereocenters. The zero-order valence-electron chi connectivity index (χ0n) is 26.9. The van der Waals surface area contributed by atoms with Gasteiger partial charge in [0.2, 0.25) is 27.7 Å². The molecule has 0 bridgehead atoms. The maximum Gasteiger partial charge on any atom is 0.249 e. The second-order valence-corrected chi connectivity index (χ2v) is 15.2. The molecule has 1 fully saturated rings. The molecule has 8 nitrogen and oxygen atoms in total. The number of halogens is 5. The fraction of sp³-hybridized carbons (Fsp3) is 0.382. The average molecular weight is 690 g/mol. The number of carbonyl (C=O) groups excluding carboxylic acids is 1. The first-order valence-corrected chi connectivity index (χ1v) is 16.8. The maximum absolute atomic E-state index is 14.9. The molecule has 2 aromatic carbocycles. The Balaban J connectivity index is 1.56. The number of aryl methyl sites for hydroxylation is 1. The van der Waals surface area contributed by atoms with Crippen molar-refractivity contribution in [2.75, 3.05) is 23.7 Å². The van der Waals surface area contributed by atoms with Gasteiger partial charge in [0.15, 0.2) is 28.2 Å². The molecule has 5 rings (SSSR count). The van der Waals surface area contributed by atoms with Crippen molar-refractivity contribution in [3.8, 4) is 0 Å². The minimum atomic E-state index is -5.51. The monoisotopic (exact) mass is 689 g/mol. The SMILES string of the molecule is Cc1ccc(CN(CC(=O)N(CC2=CC(C3CC3)=CC(C(C)(C)C)C2)c2cnc(N)nc2)S(=O)(=O)c2c(F)c(F)c(F)c(F)c2F)cc1. The van der Waals surface area contributed by atoms with Gasteiger partial charge in [0.05, 0.1) is 24.6 Å². The summed E-state index contributed by atoms with van der Waals surface area (Å²) in [5.41, 5.74) is 8.88. The number of rotatable bonds is 10. The number of allylic oxidation sites excluding steroid dienone is 3. The van der Waals surface area contributed by atoms with Crippen molar-refractivity contribution in [2.45, 2.75) is 58.4 Å². The van der Waals surface area contributed by atoms with Gasteiger partial charge in [-0.05, 0) is 60.1 Å². The van der Waals surface area contributed by atoms with Crippen molar-refractivity contribution in [3.05, 3.63) is 100 Å². The van der Waals surface area contributed by atoms with Crippen LogP contribution in [0.5, 0.6) is 0 Å². The van der Waals surface area contributed by atoms with Crippen LogP contribution in [0.3, 0.4) is 0 Å². The van der Waals surface area contributed by atoms with E-state index in [1.165, 1.54) is 29.4 Å². The highest BCUT2D eigenvalue weighted by Crippen LogP contribution is 2.44. The number of aromatic nitrogens is 2. The number of benzene rings is 2. The lowest BCUT2D eigenvalue weighted by atomic mass is 9.73. The van der Waals surface area contributed by atoms with E-state index < -0.39 is 63.0 Å². The lowest BCUT2D eigenvalue weighted by Crippen LogP contribution is -2.44. The molecule has 14 heteroatoms. The number of nitrogens with zero attached hydrogens (tertiary/aromatic N) is 4. The predicted octanol–water partition coefficient (Wildman–Crippen LogP) is 6.62. The summed E-state index contributed by atoms with van der Waals surface area (Å²) in [7, 11) is -5.51. The molecule has 256 valence electrons. The Morgan fingerprint density at radius 1 is 0.917 bits per heavy atom. The first-order chi connectivity index (χ1) is 22.5. The Bertz CT molecular complexity index is 1860. The zero-order chi connectivity index (χ0) is 35.1. The Morgan fingerprint density at radius 2 is 1.48 bits per heavy atom. The summed E-state index contributed by atoms with van der Waals surface area (Å²) in [6.45, 7) is 6.47. The Kier molecular flexibility index (Phi) is 9.80. The van der Waals surface area contributed by atoms with E-state index in [1.807, 2.05) is 6.08 Å². The van der Waals surface area contributed by atoms with Gasteiger partial charge >= 0.3 is 0 Å². The number of amides is 1. The van der Waals surface area contributed by atoms with Crippen molar-refractivity contribution in [3.63, 3.8) is 0 Å². The molecule has 2 aliphatic rings. The van der Waals surface area contributed by atoms with E-state index in [1.54, 1.807) is 19.1 Å². The first kappa shape index (κ1) is 35.1. The number of carbonyl (C=O) groups is 1. The van der Waals surface area contributed by atoms with Crippen molar-refractivity contribution in [1.29, 1.82) is 0 Å². The molecule has 1 aromatic heterocycles. The van der Waals surface area contributed by atoms with Crippen LogP contribution in [-0.2, 0) is 21.4 Å². The van der Waals surface area contributed by atoms with Gasteiger partial charge in [0.1, 0.15) is 0 Å². The number of hydrogen-bond acceptors (Lipinski definition) is 6. The van der Waals surface area contributed by atoms with Crippen molar-refractivity contribution in [1.82, 2.24) is 14.3 Å². The molecule has 0 saturated heterocycles. The summed E-state index contributed by atoms with van der Waals surface area (Å²) < 4.78 is 100. The van der Waals surface area contributed by atoms with E-state index in [9.17, 15) is 35.2 Å². The minimum Gasteiger partial charge on any atom is -0.368 e. The average Bonchev–Trinajstić information content (AvgIpc) is 3.88. The van der Waals surface area contributed by atoms with Crippen molar-refractivity contribution < 1.29 is 35.2 Å². The maximum atomic E-state index is 14.9. The van der Waals surface area contributed by atoms with Crippen LogP contribution in [0.4, 0.5) is 33.6 Å². The first-order valence-electron chi connectivity index (χ1n) is 15.3. The Hall–Kier alpha value is -4.17. The molecule has 1 heterocycles. The highest BCUT2D eigenvalue weighted by Gasteiger charge is 2.39. The topological polar surface area (TPSA) is 109 Å². The molecule has 2 N–H and O–H groups in total. The van der Waals surface area contributed by atoms with Gasteiger partial charge in [-0.3, -0.25) is 4.79 Å². The largest absolute Gasteiger partial charge is 0.368 e. The molecule has 2 aliphatic carbocycles. The van der Waals surface area contributed by atoms with Crippen LogP contribution >= 0.6 is 0 Å². The van der Waals surface area contributed by atoms with Crippen molar-refractivity contribution in [2.24, 2.45) is 17.3 Å². The smallest absolute Gasteiger partial charge is 0.249 e. The summed E-state index contributed by atoms with van der Waals surface area (Å²) >= 11 is 0. The summed E-state index contributed by atoms with van der Waals surface area (Å²) in [6, 6.07) is 6.34. The lowest BCUT2D eigenvalue weighted by molar-refractivity contribution is -0.118. The lowest BCUT2D eigenvalue weighted by Gasteiger charge is -2.34. The second-order valence-electron chi connectivity index (χ2n) is 13.4. The Labute approximate surface area is 276 Å². The number of nitrogen functional groups attached to an aromatic ring is 1. The van der Waals surface area contributed by atoms with E-state index >= 15 is 0 Å². The van der Waals surface area contributed by atoms with Crippen LogP contribution in [0.1, 0.15) is 51.2 Å².